The topological polar surface area (TPSA) is 75.6 Å². The number of carbonyl (C=O) groups is 2. The number of aliphatic carboxylic acids is 1. The van der Waals surface area contributed by atoms with E-state index in [4.69, 9.17) is 9.84 Å². The van der Waals surface area contributed by atoms with E-state index in [0.717, 1.165) is 5.56 Å². The highest BCUT2D eigenvalue weighted by molar-refractivity contribution is 5.94. The monoisotopic (exact) mass is 293 g/mol. The lowest BCUT2D eigenvalue weighted by Crippen LogP contribution is -2.33. The third-order valence-electron chi connectivity index (χ3n) is 3.28. The molecule has 116 valence electrons. The maximum atomic E-state index is 12.1. The summed E-state index contributed by atoms with van der Waals surface area (Å²) in [5, 5.41) is 11.8. The Morgan fingerprint density at radius 1 is 1.33 bits per heavy atom. The van der Waals surface area contributed by atoms with Gasteiger partial charge in [-0.25, -0.2) is 0 Å². The minimum absolute atomic E-state index is 0.128. The fourth-order valence-electron chi connectivity index (χ4n) is 2.12. The van der Waals surface area contributed by atoms with Crippen molar-refractivity contribution < 1.29 is 19.4 Å². The first-order chi connectivity index (χ1) is 9.85. The molecule has 0 heterocycles. The first kappa shape index (κ1) is 17.0. The first-order valence-electron chi connectivity index (χ1n) is 7.00. The molecule has 1 aromatic rings. The number of ether oxygens (including phenoxy) is 1. The lowest BCUT2D eigenvalue weighted by Gasteiger charge is -2.15. The molecule has 1 amide bonds. The van der Waals surface area contributed by atoms with Crippen LogP contribution in [0.25, 0.3) is 0 Å². The van der Waals surface area contributed by atoms with Crippen molar-refractivity contribution in [3.8, 4) is 5.75 Å². The van der Waals surface area contributed by atoms with Crippen LogP contribution in [0.15, 0.2) is 18.2 Å². The molecular weight excluding hydrogens is 270 g/mol. The summed E-state index contributed by atoms with van der Waals surface area (Å²) in [6.45, 7) is 5.94. The molecule has 0 saturated heterocycles. The summed E-state index contributed by atoms with van der Waals surface area (Å²) in [4.78, 5) is 23.2. The number of aryl methyl sites for hydroxylation is 1. The van der Waals surface area contributed by atoms with Crippen molar-refractivity contribution in [1.82, 2.24) is 5.32 Å². The molecular formula is C16H23NO4. The zero-order chi connectivity index (χ0) is 16.0. The van der Waals surface area contributed by atoms with Gasteiger partial charge in [0.05, 0.1) is 13.0 Å². The Labute approximate surface area is 125 Å². The molecule has 1 unspecified atom stereocenters. The van der Waals surface area contributed by atoms with Crippen LogP contribution < -0.4 is 10.1 Å². The predicted molar refractivity (Wildman–Crippen MR) is 80.6 cm³/mol. The Bertz CT molecular complexity index is 511. The summed E-state index contributed by atoms with van der Waals surface area (Å²) in [6.07, 6.45) is 0.535. The lowest BCUT2D eigenvalue weighted by molar-refractivity contribution is -0.142. The molecule has 5 heteroatoms. The highest BCUT2D eigenvalue weighted by Gasteiger charge is 2.20. The zero-order valence-electron chi connectivity index (χ0n) is 13.0. The second kappa shape index (κ2) is 7.67. The molecule has 1 atom stereocenters. The van der Waals surface area contributed by atoms with E-state index in [9.17, 15) is 9.59 Å². The molecule has 0 aliphatic heterocycles. The average Bonchev–Trinajstić information content (AvgIpc) is 2.42. The fourth-order valence-corrected chi connectivity index (χ4v) is 2.12. The van der Waals surface area contributed by atoms with Crippen LogP contribution in [-0.2, 0) is 4.79 Å². The van der Waals surface area contributed by atoms with E-state index in [1.807, 2.05) is 20.8 Å². The molecule has 0 saturated carbocycles. The number of carbonyl (C=O) groups excluding carboxylic acids is 1. The molecule has 21 heavy (non-hydrogen) atoms. The zero-order valence-corrected chi connectivity index (χ0v) is 13.0. The normalized spacial score (nSPS) is 12.0. The Morgan fingerprint density at radius 2 is 2.00 bits per heavy atom. The van der Waals surface area contributed by atoms with Crippen LogP contribution in [0.2, 0.25) is 0 Å². The first-order valence-corrected chi connectivity index (χ1v) is 7.00. The number of rotatable bonds is 7. The van der Waals surface area contributed by atoms with Gasteiger partial charge in [0.15, 0.2) is 0 Å². The van der Waals surface area contributed by atoms with Gasteiger partial charge in [-0.05, 0) is 37.0 Å². The van der Waals surface area contributed by atoms with Crippen molar-refractivity contribution in [2.45, 2.75) is 27.2 Å². The van der Waals surface area contributed by atoms with Crippen molar-refractivity contribution in [1.29, 1.82) is 0 Å². The third kappa shape index (κ3) is 5.10. The predicted octanol–water partition coefficient (Wildman–Crippen LogP) is 2.48. The van der Waals surface area contributed by atoms with Gasteiger partial charge < -0.3 is 15.2 Å². The number of carboxylic acid groups (broad SMARTS) is 1. The van der Waals surface area contributed by atoms with Crippen LogP contribution in [-0.4, -0.2) is 30.6 Å². The van der Waals surface area contributed by atoms with E-state index < -0.39 is 11.9 Å². The number of nitrogens with one attached hydrogen (secondary N) is 1. The maximum Gasteiger partial charge on any atom is 0.308 e. The molecule has 1 aromatic carbocycles. The van der Waals surface area contributed by atoms with Gasteiger partial charge in [-0.1, -0.05) is 19.9 Å². The van der Waals surface area contributed by atoms with Crippen LogP contribution in [0.5, 0.6) is 5.75 Å². The largest absolute Gasteiger partial charge is 0.496 e. The molecule has 0 radical (unpaired) electrons. The van der Waals surface area contributed by atoms with Crippen molar-refractivity contribution in [2.24, 2.45) is 11.8 Å². The average molecular weight is 293 g/mol. The molecule has 1 rings (SSSR count). The van der Waals surface area contributed by atoms with E-state index in [1.165, 1.54) is 0 Å². The Kier molecular flexibility index (Phi) is 6.21. The number of hydrogen-bond donors (Lipinski definition) is 2. The van der Waals surface area contributed by atoms with E-state index in [0.29, 0.717) is 17.7 Å². The number of benzene rings is 1. The van der Waals surface area contributed by atoms with Crippen LogP contribution >= 0.6 is 0 Å². The third-order valence-corrected chi connectivity index (χ3v) is 3.28. The van der Waals surface area contributed by atoms with Crippen LogP contribution in [0.1, 0.15) is 36.2 Å². The number of carboxylic acids is 1. The minimum Gasteiger partial charge on any atom is -0.496 e. The Balaban J connectivity index is 2.70. The smallest absolute Gasteiger partial charge is 0.308 e. The van der Waals surface area contributed by atoms with Crippen molar-refractivity contribution >= 4 is 11.9 Å². The minimum atomic E-state index is -0.884. The van der Waals surface area contributed by atoms with Gasteiger partial charge in [0, 0.05) is 12.1 Å². The van der Waals surface area contributed by atoms with Gasteiger partial charge in [-0.15, -0.1) is 0 Å². The van der Waals surface area contributed by atoms with Crippen molar-refractivity contribution in [3.05, 3.63) is 29.3 Å². The molecule has 0 fully saturated rings. The highest BCUT2D eigenvalue weighted by atomic mass is 16.5. The van der Waals surface area contributed by atoms with E-state index >= 15 is 0 Å². The number of hydrogen-bond acceptors (Lipinski definition) is 3. The van der Waals surface area contributed by atoms with Crippen molar-refractivity contribution in [2.75, 3.05) is 13.7 Å². The van der Waals surface area contributed by atoms with Gasteiger partial charge in [-0.3, -0.25) is 9.59 Å². The molecule has 5 nitrogen and oxygen atoms in total. The van der Waals surface area contributed by atoms with Gasteiger partial charge >= 0.3 is 5.97 Å². The SMILES string of the molecule is COc1cc(C(=O)NCC(CC(C)C)C(=O)O)ccc1C. The molecule has 0 spiro atoms. The second-order valence-corrected chi connectivity index (χ2v) is 5.56. The summed E-state index contributed by atoms with van der Waals surface area (Å²) in [7, 11) is 1.55. The standard InChI is InChI=1S/C16H23NO4/c1-10(2)7-13(16(19)20)9-17-15(18)12-6-5-11(3)14(8-12)21-4/h5-6,8,10,13H,7,9H2,1-4H3,(H,17,18)(H,19,20). The molecule has 2 N–H and O–H groups in total. The van der Waals surface area contributed by atoms with Crippen molar-refractivity contribution in [3.63, 3.8) is 0 Å². The van der Waals surface area contributed by atoms with Gasteiger partial charge in [0.2, 0.25) is 0 Å². The summed E-state index contributed by atoms with van der Waals surface area (Å²) in [6, 6.07) is 5.16. The Morgan fingerprint density at radius 3 is 2.52 bits per heavy atom. The quantitative estimate of drug-likeness (QED) is 0.810. The highest BCUT2D eigenvalue weighted by Crippen LogP contribution is 2.19. The molecule has 0 aromatic heterocycles. The summed E-state index contributed by atoms with van der Waals surface area (Å²) in [5.41, 5.74) is 1.41. The van der Waals surface area contributed by atoms with Gasteiger partial charge in [0.1, 0.15) is 5.75 Å². The van der Waals surface area contributed by atoms with Gasteiger partial charge in [-0.2, -0.15) is 0 Å². The number of methoxy groups -OCH3 is 1. The molecule has 0 aliphatic carbocycles. The summed E-state index contributed by atoms with van der Waals surface area (Å²) < 4.78 is 5.18. The second-order valence-electron chi connectivity index (χ2n) is 5.56. The fraction of sp³-hybridized carbons (Fsp3) is 0.500. The summed E-state index contributed by atoms with van der Waals surface area (Å²) in [5.74, 6) is -0.836. The van der Waals surface area contributed by atoms with E-state index in [1.54, 1.807) is 25.3 Å². The molecule has 0 bridgehead atoms. The van der Waals surface area contributed by atoms with Crippen LogP contribution in [0, 0.1) is 18.8 Å². The van der Waals surface area contributed by atoms with Crippen LogP contribution in [0.3, 0.4) is 0 Å². The maximum absolute atomic E-state index is 12.1. The Hall–Kier alpha value is -2.04. The lowest BCUT2D eigenvalue weighted by atomic mass is 9.97. The van der Waals surface area contributed by atoms with E-state index in [2.05, 4.69) is 5.32 Å². The van der Waals surface area contributed by atoms with E-state index in [-0.39, 0.29) is 18.4 Å². The summed E-state index contributed by atoms with van der Waals surface area (Å²) >= 11 is 0. The van der Waals surface area contributed by atoms with Crippen LogP contribution in [0.4, 0.5) is 0 Å². The van der Waals surface area contributed by atoms with Gasteiger partial charge in [0.25, 0.3) is 5.91 Å². The molecule has 0 aliphatic rings. The number of amides is 1.